The molecule has 1 aromatic carbocycles. The van der Waals surface area contributed by atoms with Crippen molar-refractivity contribution in [2.45, 2.75) is 37.3 Å². The lowest BCUT2D eigenvalue weighted by molar-refractivity contribution is 0.0696. The van der Waals surface area contributed by atoms with Crippen LogP contribution in [0.5, 0.6) is 0 Å². The van der Waals surface area contributed by atoms with E-state index in [2.05, 4.69) is 4.72 Å². The van der Waals surface area contributed by atoms with E-state index < -0.39 is 16.0 Å². The smallest absolute Gasteiger partial charge is 0.335 e. The van der Waals surface area contributed by atoms with Crippen molar-refractivity contribution < 1.29 is 18.3 Å². The normalized spacial score (nSPS) is 13.1. The molecule has 0 amide bonds. The Morgan fingerprint density at radius 1 is 1.38 bits per heavy atom. The molecule has 5 nitrogen and oxygen atoms in total. The van der Waals surface area contributed by atoms with Crippen LogP contribution in [0.3, 0.4) is 0 Å². The highest BCUT2D eigenvalue weighted by Crippen LogP contribution is 2.21. The monoisotopic (exact) mass is 331 g/mol. The molecule has 0 aliphatic rings. The van der Waals surface area contributed by atoms with Gasteiger partial charge in [-0.2, -0.15) is 11.8 Å². The number of aromatic carboxylic acids is 1. The SMILES string of the molecule is CSC(C)CCNS(=O)(=O)c1cc(C(=O)O)cc(C)c1C. The summed E-state index contributed by atoms with van der Waals surface area (Å²) in [7, 11) is -3.70. The molecule has 0 bridgehead atoms. The van der Waals surface area contributed by atoms with Crippen LogP contribution in [-0.4, -0.2) is 37.5 Å². The fourth-order valence-corrected chi connectivity index (χ4v) is 3.56. The minimum atomic E-state index is -3.70. The van der Waals surface area contributed by atoms with E-state index in [0.717, 1.165) is 6.42 Å². The molecule has 0 saturated heterocycles. The van der Waals surface area contributed by atoms with Crippen molar-refractivity contribution in [1.82, 2.24) is 4.72 Å². The van der Waals surface area contributed by atoms with E-state index in [1.54, 1.807) is 25.6 Å². The first-order valence-corrected chi connectivity index (χ1v) is 9.33. The van der Waals surface area contributed by atoms with E-state index in [-0.39, 0.29) is 10.5 Å². The molecular formula is C14H21NO4S2. The van der Waals surface area contributed by atoms with Crippen molar-refractivity contribution in [3.8, 4) is 0 Å². The molecule has 118 valence electrons. The van der Waals surface area contributed by atoms with Crippen LogP contribution < -0.4 is 4.72 Å². The Bertz CT molecular complexity index is 626. The Morgan fingerprint density at radius 2 is 2.00 bits per heavy atom. The Labute approximate surface area is 130 Å². The largest absolute Gasteiger partial charge is 0.478 e. The molecule has 0 aromatic heterocycles. The fraction of sp³-hybridized carbons (Fsp3) is 0.500. The zero-order valence-corrected chi connectivity index (χ0v) is 14.3. The molecular weight excluding hydrogens is 310 g/mol. The van der Waals surface area contributed by atoms with Crippen LogP contribution in [0.25, 0.3) is 0 Å². The number of aryl methyl sites for hydroxylation is 1. The van der Waals surface area contributed by atoms with Gasteiger partial charge in [-0.25, -0.2) is 17.9 Å². The number of carboxylic acids is 1. The van der Waals surface area contributed by atoms with Gasteiger partial charge in [-0.05, 0) is 49.8 Å². The average Bonchev–Trinajstić information content (AvgIpc) is 2.40. The van der Waals surface area contributed by atoms with E-state index in [0.29, 0.717) is 22.9 Å². The van der Waals surface area contributed by atoms with Crippen LogP contribution in [0.15, 0.2) is 17.0 Å². The molecule has 21 heavy (non-hydrogen) atoms. The summed E-state index contributed by atoms with van der Waals surface area (Å²) in [5, 5.41) is 9.42. The third kappa shape index (κ3) is 4.72. The van der Waals surface area contributed by atoms with Gasteiger partial charge in [0.2, 0.25) is 10.0 Å². The lowest BCUT2D eigenvalue weighted by Crippen LogP contribution is -2.27. The van der Waals surface area contributed by atoms with Crippen molar-refractivity contribution in [2.24, 2.45) is 0 Å². The summed E-state index contributed by atoms with van der Waals surface area (Å²) in [6.07, 6.45) is 2.69. The van der Waals surface area contributed by atoms with Gasteiger partial charge in [0, 0.05) is 11.8 Å². The van der Waals surface area contributed by atoms with E-state index in [1.165, 1.54) is 12.1 Å². The van der Waals surface area contributed by atoms with Crippen LogP contribution >= 0.6 is 11.8 Å². The lowest BCUT2D eigenvalue weighted by Gasteiger charge is -2.13. The topological polar surface area (TPSA) is 83.5 Å². The highest BCUT2D eigenvalue weighted by atomic mass is 32.2. The molecule has 2 N–H and O–H groups in total. The van der Waals surface area contributed by atoms with E-state index in [1.807, 2.05) is 13.2 Å². The molecule has 0 aliphatic heterocycles. The van der Waals surface area contributed by atoms with Gasteiger partial charge in [0.15, 0.2) is 0 Å². The minimum absolute atomic E-state index is 0.0176. The van der Waals surface area contributed by atoms with Gasteiger partial charge in [0.05, 0.1) is 10.5 Å². The summed E-state index contributed by atoms with van der Waals surface area (Å²) in [5.41, 5.74) is 1.20. The second kappa shape index (κ2) is 7.29. The van der Waals surface area contributed by atoms with Gasteiger partial charge >= 0.3 is 5.97 Å². The Hall–Kier alpha value is -1.05. The second-order valence-corrected chi connectivity index (χ2v) is 7.97. The molecule has 0 saturated carbocycles. The van der Waals surface area contributed by atoms with E-state index >= 15 is 0 Å². The van der Waals surface area contributed by atoms with Gasteiger partial charge in [0.25, 0.3) is 0 Å². The first kappa shape index (κ1) is 18.0. The molecule has 1 rings (SSSR count). The van der Waals surface area contributed by atoms with Crippen LogP contribution in [0, 0.1) is 13.8 Å². The summed E-state index contributed by atoms with van der Waals surface area (Å²) in [4.78, 5) is 11.1. The summed E-state index contributed by atoms with van der Waals surface area (Å²) in [6, 6.07) is 2.69. The van der Waals surface area contributed by atoms with Crippen molar-refractivity contribution in [3.63, 3.8) is 0 Å². The summed E-state index contributed by atoms with van der Waals surface area (Å²) in [5.74, 6) is -1.13. The van der Waals surface area contributed by atoms with Gasteiger partial charge < -0.3 is 5.11 Å². The standard InChI is InChI=1S/C14H21NO4S2/c1-9-7-12(14(16)17)8-13(11(9)3)21(18,19)15-6-5-10(2)20-4/h7-8,10,15H,5-6H2,1-4H3,(H,16,17). The Balaban J connectivity index is 3.05. The third-order valence-electron chi connectivity index (χ3n) is 3.40. The second-order valence-electron chi connectivity index (χ2n) is 4.95. The van der Waals surface area contributed by atoms with Crippen molar-refractivity contribution in [3.05, 3.63) is 28.8 Å². The minimum Gasteiger partial charge on any atom is -0.478 e. The number of thioether (sulfide) groups is 1. The predicted octanol–water partition coefficient (Wildman–Crippen LogP) is 2.42. The zero-order valence-electron chi connectivity index (χ0n) is 12.6. The number of carbonyl (C=O) groups is 1. The maximum absolute atomic E-state index is 12.3. The molecule has 0 radical (unpaired) electrons. The number of sulfonamides is 1. The molecule has 7 heteroatoms. The van der Waals surface area contributed by atoms with Crippen LogP contribution in [0.2, 0.25) is 0 Å². The predicted molar refractivity (Wildman–Crippen MR) is 85.7 cm³/mol. The fourth-order valence-electron chi connectivity index (χ4n) is 1.82. The van der Waals surface area contributed by atoms with Gasteiger partial charge in [0.1, 0.15) is 0 Å². The molecule has 0 spiro atoms. The van der Waals surface area contributed by atoms with Gasteiger partial charge in [-0.1, -0.05) is 6.92 Å². The van der Waals surface area contributed by atoms with E-state index in [9.17, 15) is 13.2 Å². The first-order valence-electron chi connectivity index (χ1n) is 6.56. The number of hydrogen-bond donors (Lipinski definition) is 2. The molecule has 0 aliphatic carbocycles. The van der Waals surface area contributed by atoms with Gasteiger partial charge in [-0.15, -0.1) is 0 Å². The van der Waals surface area contributed by atoms with Crippen LogP contribution in [0.1, 0.15) is 34.8 Å². The number of hydrogen-bond acceptors (Lipinski definition) is 4. The highest BCUT2D eigenvalue weighted by molar-refractivity contribution is 7.99. The molecule has 0 heterocycles. The Morgan fingerprint density at radius 3 is 2.52 bits per heavy atom. The van der Waals surface area contributed by atoms with Crippen LogP contribution in [-0.2, 0) is 10.0 Å². The zero-order chi connectivity index (χ0) is 16.2. The first-order chi connectivity index (χ1) is 9.69. The van der Waals surface area contributed by atoms with Crippen molar-refractivity contribution in [1.29, 1.82) is 0 Å². The molecule has 0 fully saturated rings. The van der Waals surface area contributed by atoms with Crippen molar-refractivity contribution >= 4 is 27.8 Å². The summed E-state index contributed by atoms with van der Waals surface area (Å²) in [6.45, 7) is 5.75. The third-order valence-corrected chi connectivity index (χ3v) is 6.03. The van der Waals surface area contributed by atoms with Crippen LogP contribution in [0.4, 0.5) is 0 Å². The average molecular weight is 331 g/mol. The number of benzene rings is 1. The maximum atomic E-state index is 12.3. The maximum Gasteiger partial charge on any atom is 0.335 e. The quantitative estimate of drug-likeness (QED) is 0.802. The lowest BCUT2D eigenvalue weighted by atomic mass is 10.1. The number of nitrogens with one attached hydrogen (secondary N) is 1. The Kier molecular flexibility index (Phi) is 6.24. The molecule has 1 unspecified atom stereocenters. The van der Waals surface area contributed by atoms with E-state index in [4.69, 9.17) is 5.11 Å². The summed E-state index contributed by atoms with van der Waals surface area (Å²) >= 11 is 1.67. The summed E-state index contributed by atoms with van der Waals surface area (Å²) < 4.78 is 27.2. The number of carboxylic acid groups (broad SMARTS) is 1. The molecule has 1 atom stereocenters. The van der Waals surface area contributed by atoms with Gasteiger partial charge in [-0.3, -0.25) is 0 Å². The number of rotatable bonds is 7. The highest BCUT2D eigenvalue weighted by Gasteiger charge is 2.20. The van der Waals surface area contributed by atoms with Crippen molar-refractivity contribution in [2.75, 3.05) is 12.8 Å². The molecule has 1 aromatic rings.